The molecule has 0 aliphatic rings. The van der Waals surface area contributed by atoms with Crippen LogP contribution in [0.3, 0.4) is 0 Å². The third kappa shape index (κ3) is 3.05. The summed E-state index contributed by atoms with van der Waals surface area (Å²) in [4.78, 5) is 22.0. The van der Waals surface area contributed by atoms with Crippen molar-refractivity contribution in [2.45, 2.75) is 27.7 Å². The second-order valence-corrected chi connectivity index (χ2v) is 6.13. The summed E-state index contributed by atoms with van der Waals surface area (Å²) in [5.41, 5.74) is 5.81. The van der Waals surface area contributed by atoms with Crippen LogP contribution in [0.2, 0.25) is 0 Å². The summed E-state index contributed by atoms with van der Waals surface area (Å²) in [7, 11) is 1.61. The van der Waals surface area contributed by atoms with Crippen LogP contribution in [0.4, 0.5) is 0 Å². The average molecular weight is 335 g/mol. The van der Waals surface area contributed by atoms with Crippen molar-refractivity contribution in [3.63, 3.8) is 0 Å². The van der Waals surface area contributed by atoms with E-state index in [1.165, 1.54) is 0 Å². The lowest BCUT2D eigenvalue weighted by molar-refractivity contribution is 0.414. The number of methoxy groups -OCH3 is 1. The van der Waals surface area contributed by atoms with E-state index in [0.717, 1.165) is 34.0 Å². The van der Waals surface area contributed by atoms with Crippen molar-refractivity contribution < 1.29 is 4.74 Å². The van der Waals surface area contributed by atoms with Gasteiger partial charge in [0.05, 0.1) is 18.5 Å². The van der Waals surface area contributed by atoms with Gasteiger partial charge in [0, 0.05) is 22.5 Å². The van der Waals surface area contributed by atoms with Gasteiger partial charge in [-0.15, -0.1) is 0 Å². The maximum absolute atomic E-state index is 12.9. The van der Waals surface area contributed by atoms with Gasteiger partial charge in [0.2, 0.25) is 0 Å². The fourth-order valence-electron chi connectivity index (χ4n) is 3.11. The molecule has 0 amide bonds. The van der Waals surface area contributed by atoms with E-state index in [4.69, 9.17) is 4.74 Å². The number of pyridine rings is 1. The van der Waals surface area contributed by atoms with Crippen LogP contribution in [0.1, 0.15) is 22.5 Å². The molecule has 0 saturated heterocycles. The Morgan fingerprint density at radius 1 is 1.04 bits per heavy atom. The third-order valence-electron chi connectivity index (χ3n) is 4.31. The van der Waals surface area contributed by atoms with E-state index < -0.39 is 0 Å². The lowest BCUT2D eigenvalue weighted by atomic mass is 10.0. The van der Waals surface area contributed by atoms with Crippen molar-refractivity contribution in [3.8, 4) is 22.7 Å². The van der Waals surface area contributed by atoms with Crippen LogP contribution in [0.5, 0.6) is 5.75 Å². The Labute approximate surface area is 147 Å². The van der Waals surface area contributed by atoms with Gasteiger partial charge in [-0.05, 0) is 63.6 Å². The highest BCUT2D eigenvalue weighted by Gasteiger charge is 2.15. The lowest BCUT2D eigenvalue weighted by Crippen LogP contribution is -2.22. The Morgan fingerprint density at radius 3 is 2.32 bits per heavy atom. The monoisotopic (exact) mass is 335 g/mol. The summed E-state index contributed by atoms with van der Waals surface area (Å²) in [5.74, 6) is 0.745. The molecule has 0 spiro atoms. The number of aryl methyl sites for hydroxylation is 3. The summed E-state index contributed by atoms with van der Waals surface area (Å²) < 4.78 is 6.71. The van der Waals surface area contributed by atoms with Crippen molar-refractivity contribution in [2.75, 3.05) is 7.11 Å². The quantitative estimate of drug-likeness (QED) is 0.735. The second kappa shape index (κ2) is 6.51. The number of hydrogen-bond donors (Lipinski definition) is 0. The van der Waals surface area contributed by atoms with Crippen LogP contribution in [0, 0.1) is 27.7 Å². The molecule has 0 N–H and O–H groups in total. The molecule has 5 nitrogen and oxygen atoms in total. The molecule has 0 aliphatic heterocycles. The van der Waals surface area contributed by atoms with E-state index >= 15 is 0 Å². The van der Waals surface area contributed by atoms with Crippen LogP contribution >= 0.6 is 0 Å². The minimum atomic E-state index is -0.0884. The lowest BCUT2D eigenvalue weighted by Gasteiger charge is -2.14. The van der Waals surface area contributed by atoms with Crippen LogP contribution in [0.15, 0.2) is 41.5 Å². The van der Waals surface area contributed by atoms with Gasteiger partial charge >= 0.3 is 0 Å². The molecule has 2 heterocycles. The Hall–Kier alpha value is -2.95. The molecule has 0 aliphatic carbocycles. The maximum Gasteiger partial charge on any atom is 0.261 e. The topological polar surface area (TPSA) is 57.0 Å². The van der Waals surface area contributed by atoms with Gasteiger partial charge in [0.25, 0.3) is 5.56 Å². The van der Waals surface area contributed by atoms with Crippen LogP contribution in [-0.2, 0) is 0 Å². The van der Waals surface area contributed by atoms with Crippen molar-refractivity contribution in [3.05, 3.63) is 69.5 Å². The van der Waals surface area contributed by atoms with Gasteiger partial charge in [-0.1, -0.05) is 0 Å². The standard InChI is InChI=1S/C20H21N3O2/c1-12-10-13(2)22-15(4)18(12)19-14(3)20(24)23(11-21-19)16-6-8-17(25-5)9-7-16/h6-11H,1-5H3. The molecule has 25 heavy (non-hydrogen) atoms. The molecule has 2 aromatic heterocycles. The molecule has 1 aromatic carbocycles. The highest BCUT2D eigenvalue weighted by atomic mass is 16.5. The van der Waals surface area contributed by atoms with Crippen molar-refractivity contribution in [1.82, 2.24) is 14.5 Å². The van der Waals surface area contributed by atoms with Crippen LogP contribution in [-0.4, -0.2) is 21.6 Å². The molecule has 0 fully saturated rings. The number of benzene rings is 1. The summed E-state index contributed by atoms with van der Waals surface area (Å²) in [6, 6.07) is 9.33. The number of ether oxygens (including phenoxy) is 1. The summed E-state index contributed by atoms with van der Waals surface area (Å²) in [5, 5.41) is 0. The van der Waals surface area contributed by atoms with E-state index in [-0.39, 0.29) is 5.56 Å². The smallest absolute Gasteiger partial charge is 0.261 e. The molecule has 0 saturated carbocycles. The summed E-state index contributed by atoms with van der Waals surface area (Å²) >= 11 is 0. The SMILES string of the molecule is COc1ccc(-n2cnc(-c3c(C)cc(C)nc3C)c(C)c2=O)cc1. The van der Waals surface area contributed by atoms with Crippen molar-refractivity contribution in [2.24, 2.45) is 0 Å². The van der Waals surface area contributed by atoms with Gasteiger partial charge in [-0.25, -0.2) is 4.98 Å². The zero-order valence-corrected chi connectivity index (χ0v) is 15.1. The molecule has 5 heteroatoms. The van der Waals surface area contributed by atoms with E-state index in [1.54, 1.807) is 18.0 Å². The number of hydrogen-bond acceptors (Lipinski definition) is 4. The first kappa shape index (κ1) is 16.9. The van der Waals surface area contributed by atoms with Gasteiger partial charge < -0.3 is 4.74 Å². The molecular formula is C20H21N3O2. The largest absolute Gasteiger partial charge is 0.497 e. The number of rotatable bonds is 3. The van der Waals surface area contributed by atoms with Crippen molar-refractivity contribution in [1.29, 1.82) is 0 Å². The highest BCUT2D eigenvalue weighted by molar-refractivity contribution is 5.68. The average Bonchev–Trinajstić information content (AvgIpc) is 2.58. The Balaban J connectivity index is 2.14. The predicted octanol–water partition coefficient (Wildman–Crippen LogP) is 3.54. The van der Waals surface area contributed by atoms with Crippen LogP contribution < -0.4 is 10.3 Å². The first-order valence-corrected chi connectivity index (χ1v) is 8.10. The first-order valence-electron chi connectivity index (χ1n) is 8.10. The second-order valence-electron chi connectivity index (χ2n) is 6.13. The zero-order chi connectivity index (χ0) is 18.1. The van der Waals surface area contributed by atoms with Crippen molar-refractivity contribution >= 4 is 0 Å². The Bertz CT molecular complexity index is 966. The third-order valence-corrected chi connectivity index (χ3v) is 4.31. The molecule has 128 valence electrons. The van der Waals surface area contributed by atoms with Gasteiger partial charge in [0.1, 0.15) is 12.1 Å². The molecule has 0 bridgehead atoms. The molecule has 3 aromatic rings. The summed E-state index contributed by atoms with van der Waals surface area (Å²) in [6.07, 6.45) is 1.57. The Morgan fingerprint density at radius 2 is 1.72 bits per heavy atom. The highest BCUT2D eigenvalue weighted by Crippen LogP contribution is 2.26. The fraction of sp³-hybridized carbons (Fsp3) is 0.250. The van der Waals surface area contributed by atoms with Crippen LogP contribution in [0.25, 0.3) is 16.9 Å². The molecule has 3 rings (SSSR count). The normalized spacial score (nSPS) is 10.8. The van der Waals surface area contributed by atoms with E-state index in [2.05, 4.69) is 9.97 Å². The minimum absolute atomic E-state index is 0.0884. The van der Waals surface area contributed by atoms with Gasteiger partial charge in [-0.3, -0.25) is 14.3 Å². The molecular weight excluding hydrogens is 314 g/mol. The zero-order valence-electron chi connectivity index (χ0n) is 15.1. The minimum Gasteiger partial charge on any atom is -0.497 e. The van der Waals surface area contributed by atoms with Gasteiger partial charge in [-0.2, -0.15) is 0 Å². The van der Waals surface area contributed by atoms with Gasteiger partial charge in [0.15, 0.2) is 0 Å². The maximum atomic E-state index is 12.9. The molecule has 0 radical (unpaired) electrons. The predicted molar refractivity (Wildman–Crippen MR) is 98.6 cm³/mol. The van der Waals surface area contributed by atoms with E-state index in [9.17, 15) is 4.79 Å². The Kier molecular flexibility index (Phi) is 4.40. The fourth-order valence-corrected chi connectivity index (χ4v) is 3.11. The van der Waals surface area contributed by atoms with E-state index in [0.29, 0.717) is 11.3 Å². The number of aromatic nitrogens is 3. The summed E-state index contributed by atoms with van der Waals surface area (Å²) in [6.45, 7) is 7.74. The van der Waals surface area contributed by atoms with E-state index in [1.807, 2.05) is 58.0 Å². The number of nitrogens with zero attached hydrogens (tertiary/aromatic N) is 3. The first-order chi connectivity index (χ1) is 11.9. The molecule has 0 atom stereocenters. The molecule has 0 unspecified atom stereocenters.